The van der Waals surface area contributed by atoms with Gasteiger partial charge in [0.2, 0.25) is 0 Å². The first-order valence-corrected chi connectivity index (χ1v) is 9.51. The number of piperazine rings is 1. The molecule has 5 nitrogen and oxygen atoms in total. The highest BCUT2D eigenvalue weighted by Gasteiger charge is 2.27. The average Bonchev–Trinajstić information content (AvgIpc) is 3.14. The van der Waals surface area contributed by atoms with Gasteiger partial charge in [0.25, 0.3) is 5.91 Å². The van der Waals surface area contributed by atoms with Crippen molar-refractivity contribution < 1.29 is 9.69 Å². The van der Waals surface area contributed by atoms with Gasteiger partial charge in [-0.1, -0.05) is 41.9 Å². The van der Waals surface area contributed by atoms with Crippen molar-refractivity contribution in [1.82, 2.24) is 14.7 Å². The third kappa shape index (κ3) is 3.61. The van der Waals surface area contributed by atoms with Crippen molar-refractivity contribution in [3.8, 4) is 16.9 Å². The topological polar surface area (TPSA) is 42.6 Å². The number of nitrogens with one attached hydrogen (secondary N) is 1. The average molecular weight is 382 g/mol. The van der Waals surface area contributed by atoms with Gasteiger partial charge in [0.15, 0.2) is 0 Å². The number of amides is 1. The van der Waals surface area contributed by atoms with E-state index in [0.717, 1.165) is 43.1 Å². The minimum absolute atomic E-state index is 0.0431. The van der Waals surface area contributed by atoms with Gasteiger partial charge in [0, 0.05) is 10.6 Å². The molecule has 1 N–H and O–H groups in total. The number of hydrogen-bond acceptors (Lipinski definition) is 2. The molecule has 27 heavy (non-hydrogen) atoms. The molecule has 0 atom stereocenters. The Morgan fingerprint density at radius 3 is 2.37 bits per heavy atom. The molecule has 2 aromatic carbocycles. The monoisotopic (exact) mass is 381 g/mol. The number of rotatable bonds is 3. The van der Waals surface area contributed by atoms with Crippen molar-refractivity contribution in [3.63, 3.8) is 0 Å². The molecular formula is C21H22ClN4O+. The van der Waals surface area contributed by atoms with Crippen LogP contribution in [0.4, 0.5) is 0 Å². The lowest BCUT2D eigenvalue weighted by Crippen LogP contribution is -3.12. The van der Waals surface area contributed by atoms with Crippen molar-refractivity contribution in [2.24, 2.45) is 0 Å². The van der Waals surface area contributed by atoms with Gasteiger partial charge in [-0.2, -0.15) is 5.10 Å². The summed E-state index contributed by atoms with van der Waals surface area (Å²) >= 11 is 6.03. The van der Waals surface area contributed by atoms with Gasteiger partial charge in [-0.05, 0) is 24.3 Å². The van der Waals surface area contributed by atoms with E-state index in [1.165, 1.54) is 4.90 Å². The standard InChI is InChI=1S/C21H21ClN4O/c1-24-11-13-25(14-12-24)21(27)19-15-23-26(18-9-7-17(22)8-10-18)20(19)16-5-3-2-4-6-16/h2-10,15H,11-14H2,1H3/p+1. The molecule has 1 aromatic heterocycles. The molecule has 0 unspecified atom stereocenters. The van der Waals surface area contributed by atoms with Crippen molar-refractivity contribution >= 4 is 17.5 Å². The molecule has 1 aliphatic heterocycles. The second-order valence-corrected chi connectivity index (χ2v) is 7.35. The Morgan fingerprint density at radius 2 is 1.70 bits per heavy atom. The van der Waals surface area contributed by atoms with Crippen molar-refractivity contribution in [1.29, 1.82) is 0 Å². The zero-order valence-corrected chi connectivity index (χ0v) is 16.0. The summed E-state index contributed by atoms with van der Waals surface area (Å²) in [5, 5.41) is 5.21. The molecule has 1 amide bonds. The first kappa shape index (κ1) is 17.8. The molecule has 6 heteroatoms. The Hall–Kier alpha value is -2.63. The van der Waals surface area contributed by atoms with E-state index in [9.17, 15) is 4.79 Å². The molecule has 0 saturated carbocycles. The highest BCUT2D eigenvalue weighted by atomic mass is 35.5. The first-order chi connectivity index (χ1) is 13.1. The lowest BCUT2D eigenvalue weighted by atomic mass is 10.1. The lowest BCUT2D eigenvalue weighted by molar-refractivity contribution is -0.883. The Bertz CT molecular complexity index is 929. The zero-order chi connectivity index (χ0) is 18.8. The normalized spacial score (nSPS) is 15.1. The number of benzene rings is 2. The van der Waals surface area contributed by atoms with Gasteiger partial charge in [-0.25, -0.2) is 4.68 Å². The summed E-state index contributed by atoms with van der Waals surface area (Å²) in [7, 11) is 2.16. The zero-order valence-electron chi connectivity index (χ0n) is 15.2. The Morgan fingerprint density at radius 1 is 1.04 bits per heavy atom. The van der Waals surface area contributed by atoms with Crippen LogP contribution in [0.25, 0.3) is 16.9 Å². The molecule has 0 bridgehead atoms. The SMILES string of the molecule is C[NH+]1CCN(C(=O)c2cnn(-c3ccc(Cl)cc3)c2-c2ccccc2)CC1. The summed E-state index contributed by atoms with van der Waals surface area (Å²) in [6.45, 7) is 3.48. The van der Waals surface area contributed by atoms with Gasteiger partial charge >= 0.3 is 0 Å². The van der Waals surface area contributed by atoms with E-state index in [1.807, 2.05) is 64.2 Å². The van der Waals surface area contributed by atoms with E-state index >= 15 is 0 Å². The molecule has 1 saturated heterocycles. The van der Waals surface area contributed by atoms with Crippen LogP contribution in [0.2, 0.25) is 5.02 Å². The van der Waals surface area contributed by atoms with E-state index in [2.05, 4.69) is 12.1 Å². The summed E-state index contributed by atoms with van der Waals surface area (Å²) in [5.74, 6) is 0.0431. The van der Waals surface area contributed by atoms with E-state index < -0.39 is 0 Å². The van der Waals surface area contributed by atoms with E-state index in [1.54, 1.807) is 6.20 Å². The third-order valence-corrected chi connectivity index (χ3v) is 5.27. The number of nitrogens with zero attached hydrogens (tertiary/aromatic N) is 3. The van der Waals surface area contributed by atoms with Gasteiger partial charge in [0.05, 0.1) is 56.4 Å². The summed E-state index contributed by atoms with van der Waals surface area (Å²) in [5.41, 5.74) is 3.29. The molecule has 1 aliphatic rings. The van der Waals surface area contributed by atoms with Crippen molar-refractivity contribution in [2.75, 3.05) is 33.2 Å². The predicted molar refractivity (Wildman–Crippen MR) is 107 cm³/mol. The number of carbonyl (C=O) groups excluding carboxylic acids is 1. The highest BCUT2D eigenvalue weighted by Crippen LogP contribution is 2.28. The Labute approximate surface area is 163 Å². The van der Waals surface area contributed by atoms with Crippen LogP contribution in [0.15, 0.2) is 60.8 Å². The van der Waals surface area contributed by atoms with Gasteiger partial charge in [-0.3, -0.25) is 4.79 Å². The van der Waals surface area contributed by atoms with Crippen molar-refractivity contribution in [2.45, 2.75) is 0 Å². The smallest absolute Gasteiger partial charge is 0.258 e. The molecule has 1 fully saturated rings. The molecule has 0 spiro atoms. The van der Waals surface area contributed by atoms with E-state index in [0.29, 0.717) is 10.6 Å². The molecule has 4 rings (SSSR count). The third-order valence-electron chi connectivity index (χ3n) is 5.02. The molecule has 0 radical (unpaired) electrons. The second kappa shape index (κ2) is 7.55. The second-order valence-electron chi connectivity index (χ2n) is 6.91. The minimum Gasteiger partial charge on any atom is -0.334 e. The molecule has 138 valence electrons. The van der Waals surface area contributed by atoms with Crippen LogP contribution in [-0.4, -0.2) is 53.8 Å². The summed E-state index contributed by atoms with van der Waals surface area (Å²) < 4.78 is 1.82. The largest absolute Gasteiger partial charge is 0.334 e. The van der Waals surface area contributed by atoms with E-state index in [4.69, 9.17) is 11.6 Å². The van der Waals surface area contributed by atoms with Crippen LogP contribution in [0, 0.1) is 0 Å². The lowest BCUT2D eigenvalue weighted by Gasteiger charge is -2.30. The Kier molecular flexibility index (Phi) is 4.97. The molecule has 2 heterocycles. The fourth-order valence-electron chi connectivity index (χ4n) is 3.42. The van der Waals surface area contributed by atoms with Crippen LogP contribution < -0.4 is 4.90 Å². The quantitative estimate of drug-likeness (QED) is 0.755. The van der Waals surface area contributed by atoms with Crippen LogP contribution in [0.5, 0.6) is 0 Å². The highest BCUT2D eigenvalue weighted by molar-refractivity contribution is 6.30. The van der Waals surface area contributed by atoms with Crippen LogP contribution >= 0.6 is 11.6 Å². The number of hydrogen-bond donors (Lipinski definition) is 1. The van der Waals surface area contributed by atoms with Gasteiger partial charge < -0.3 is 9.80 Å². The summed E-state index contributed by atoms with van der Waals surface area (Å²) in [6, 6.07) is 17.4. The maximum Gasteiger partial charge on any atom is 0.258 e. The fraction of sp³-hybridized carbons (Fsp3) is 0.238. The maximum absolute atomic E-state index is 13.2. The van der Waals surface area contributed by atoms with Crippen LogP contribution in [-0.2, 0) is 0 Å². The summed E-state index contributed by atoms with van der Waals surface area (Å²) in [6.07, 6.45) is 1.68. The molecular weight excluding hydrogens is 360 g/mol. The maximum atomic E-state index is 13.2. The predicted octanol–water partition coefficient (Wildman–Crippen LogP) is 2.16. The van der Waals surface area contributed by atoms with Crippen molar-refractivity contribution in [3.05, 3.63) is 71.4 Å². The number of halogens is 1. The summed E-state index contributed by atoms with van der Waals surface area (Å²) in [4.78, 5) is 16.6. The van der Waals surface area contributed by atoms with E-state index in [-0.39, 0.29) is 5.91 Å². The van der Waals surface area contributed by atoms with Gasteiger partial charge in [0.1, 0.15) is 0 Å². The minimum atomic E-state index is 0.0431. The Balaban J connectivity index is 1.78. The fourth-order valence-corrected chi connectivity index (χ4v) is 3.54. The molecule has 3 aromatic rings. The van der Waals surface area contributed by atoms with Crippen LogP contribution in [0.3, 0.4) is 0 Å². The number of likely N-dealkylation sites (N-methyl/N-ethyl adjacent to an activating group) is 1. The first-order valence-electron chi connectivity index (χ1n) is 9.13. The molecule has 0 aliphatic carbocycles. The van der Waals surface area contributed by atoms with Crippen LogP contribution in [0.1, 0.15) is 10.4 Å². The number of carbonyl (C=O) groups is 1. The number of quaternary nitrogens is 1. The van der Waals surface area contributed by atoms with Gasteiger partial charge in [-0.15, -0.1) is 0 Å². The number of aromatic nitrogens is 2.